The van der Waals surface area contributed by atoms with Crippen molar-refractivity contribution in [1.29, 1.82) is 0 Å². The van der Waals surface area contributed by atoms with Crippen molar-refractivity contribution in [1.82, 2.24) is 0 Å². The van der Waals surface area contributed by atoms with Gasteiger partial charge in [-0.1, -0.05) is 34.6 Å². The Bertz CT molecular complexity index is 153. The van der Waals surface area contributed by atoms with Crippen LogP contribution in [0.5, 0.6) is 0 Å². The van der Waals surface area contributed by atoms with E-state index in [4.69, 9.17) is 0 Å². The van der Waals surface area contributed by atoms with Crippen molar-refractivity contribution in [3.63, 3.8) is 0 Å². The smallest absolute Gasteiger partial charge is 0.0142 e. The fourth-order valence-electron chi connectivity index (χ4n) is 0.619. The van der Waals surface area contributed by atoms with Gasteiger partial charge in [0.15, 0.2) is 0 Å². The van der Waals surface area contributed by atoms with Gasteiger partial charge in [0, 0.05) is 12.8 Å². The maximum Gasteiger partial charge on any atom is 0.0142 e. The molecule has 0 aliphatic heterocycles. The minimum Gasteiger partial charge on any atom is -0.104 e. The molecule has 0 aromatic heterocycles. The van der Waals surface area contributed by atoms with Gasteiger partial charge >= 0.3 is 0 Å². The molecular weight excluding hydrogens is 132 g/mol. The molecule has 0 spiro atoms. The summed E-state index contributed by atoms with van der Waals surface area (Å²) in [5.41, 5.74) is 0.377. The summed E-state index contributed by atoms with van der Waals surface area (Å²) in [6.45, 7) is 11.2. The zero-order valence-electron chi connectivity index (χ0n) is 8.49. The zero-order chi connectivity index (χ0) is 8.91. The Morgan fingerprint density at radius 1 is 1.18 bits per heavy atom. The van der Waals surface area contributed by atoms with Crippen molar-refractivity contribution >= 4 is 0 Å². The molecule has 11 heavy (non-hydrogen) atoms. The van der Waals surface area contributed by atoms with E-state index in [1.54, 1.807) is 0 Å². The third kappa shape index (κ3) is 4.09. The Hall–Kier alpha value is -0.440. The molecule has 0 unspecified atom stereocenters. The molecule has 0 fully saturated rings. The van der Waals surface area contributed by atoms with E-state index in [0.717, 1.165) is 12.8 Å². The van der Waals surface area contributed by atoms with Crippen LogP contribution in [0.15, 0.2) is 0 Å². The maximum absolute atomic E-state index is 3.21. The first-order valence-corrected chi connectivity index (χ1v) is 4.46. The topological polar surface area (TPSA) is 0 Å². The molecule has 0 radical (unpaired) electrons. The summed E-state index contributed by atoms with van der Waals surface area (Å²) >= 11 is 0. The summed E-state index contributed by atoms with van der Waals surface area (Å²) in [5, 5.41) is 0. The van der Waals surface area contributed by atoms with Crippen molar-refractivity contribution in [3.8, 4) is 11.8 Å². The molecule has 64 valence electrons. The molecule has 0 nitrogen and oxygen atoms in total. The first kappa shape index (κ1) is 10.6. The highest BCUT2D eigenvalue weighted by molar-refractivity contribution is 5.01. The van der Waals surface area contributed by atoms with Crippen LogP contribution < -0.4 is 0 Å². The average Bonchev–Trinajstić information content (AvgIpc) is 1.88. The van der Waals surface area contributed by atoms with Crippen LogP contribution in [0.1, 0.15) is 47.5 Å². The summed E-state index contributed by atoms with van der Waals surface area (Å²) in [5.74, 6) is 7.03. The third-order valence-electron chi connectivity index (χ3n) is 2.41. The van der Waals surface area contributed by atoms with E-state index in [2.05, 4.69) is 46.5 Å². The summed E-state index contributed by atoms with van der Waals surface area (Å²) < 4.78 is 0. The van der Waals surface area contributed by atoms with Gasteiger partial charge in [0.05, 0.1) is 0 Å². The number of hydrogen-bond acceptors (Lipinski definition) is 0. The molecule has 0 aliphatic rings. The van der Waals surface area contributed by atoms with Crippen LogP contribution in [0.3, 0.4) is 0 Å². The van der Waals surface area contributed by atoms with Gasteiger partial charge < -0.3 is 0 Å². The summed E-state index contributed by atoms with van der Waals surface area (Å²) in [6, 6.07) is 0. The van der Waals surface area contributed by atoms with E-state index in [9.17, 15) is 0 Å². The van der Waals surface area contributed by atoms with Crippen LogP contribution in [-0.2, 0) is 0 Å². The van der Waals surface area contributed by atoms with Crippen LogP contribution in [0.25, 0.3) is 0 Å². The highest BCUT2D eigenvalue weighted by Crippen LogP contribution is 2.29. The fraction of sp³-hybridized carbons (Fsp3) is 0.818. The molecule has 0 atom stereocenters. The SMILES string of the molecule is CCC#CCC(C)(C)C(C)C. The van der Waals surface area contributed by atoms with Gasteiger partial charge in [-0.3, -0.25) is 0 Å². The lowest BCUT2D eigenvalue weighted by atomic mass is 9.79. The van der Waals surface area contributed by atoms with Gasteiger partial charge in [0.1, 0.15) is 0 Å². The largest absolute Gasteiger partial charge is 0.104 e. The Balaban J connectivity index is 3.92. The van der Waals surface area contributed by atoms with E-state index in [-0.39, 0.29) is 0 Å². The molecule has 0 aromatic carbocycles. The first-order chi connectivity index (χ1) is 5.00. The monoisotopic (exact) mass is 152 g/mol. The Morgan fingerprint density at radius 2 is 1.73 bits per heavy atom. The van der Waals surface area contributed by atoms with E-state index < -0.39 is 0 Å². The predicted molar refractivity (Wildman–Crippen MR) is 51.3 cm³/mol. The van der Waals surface area contributed by atoms with Gasteiger partial charge in [-0.25, -0.2) is 0 Å². The van der Waals surface area contributed by atoms with Crippen molar-refractivity contribution in [3.05, 3.63) is 0 Å². The molecule has 0 N–H and O–H groups in total. The Labute approximate surface area is 71.4 Å². The lowest BCUT2D eigenvalue weighted by molar-refractivity contribution is 0.257. The second-order valence-electron chi connectivity index (χ2n) is 4.03. The Kier molecular flexibility index (Phi) is 4.26. The highest BCUT2D eigenvalue weighted by Gasteiger charge is 2.20. The predicted octanol–water partition coefficient (Wildman–Crippen LogP) is 3.47. The molecular formula is C11H20. The average molecular weight is 152 g/mol. The summed E-state index contributed by atoms with van der Waals surface area (Å²) in [7, 11) is 0. The first-order valence-electron chi connectivity index (χ1n) is 4.46. The molecule has 0 heterocycles. The lowest BCUT2D eigenvalue weighted by Crippen LogP contribution is -2.17. The van der Waals surface area contributed by atoms with Crippen molar-refractivity contribution in [2.45, 2.75) is 47.5 Å². The molecule has 0 rings (SSSR count). The van der Waals surface area contributed by atoms with Crippen LogP contribution in [0, 0.1) is 23.2 Å². The minimum atomic E-state index is 0.377. The van der Waals surface area contributed by atoms with Crippen LogP contribution in [0.2, 0.25) is 0 Å². The number of hydrogen-bond donors (Lipinski definition) is 0. The maximum atomic E-state index is 3.21. The summed E-state index contributed by atoms with van der Waals surface area (Å²) in [4.78, 5) is 0. The van der Waals surface area contributed by atoms with E-state index in [0.29, 0.717) is 11.3 Å². The molecule has 0 amide bonds. The fourth-order valence-corrected chi connectivity index (χ4v) is 0.619. The summed E-state index contributed by atoms with van der Waals surface area (Å²) in [6.07, 6.45) is 2.01. The van der Waals surface area contributed by atoms with Crippen molar-refractivity contribution in [2.75, 3.05) is 0 Å². The van der Waals surface area contributed by atoms with E-state index in [1.165, 1.54) is 0 Å². The van der Waals surface area contributed by atoms with Gasteiger partial charge in [-0.2, -0.15) is 0 Å². The number of rotatable bonds is 2. The Morgan fingerprint density at radius 3 is 2.09 bits per heavy atom. The van der Waals surface area contributed by atoms with Crippen LogP contribution in [-0.4, -0.2) is 0 Å². The molecule has 0 aliphatic carbocycles. The van der Waals surface area contributed by atoms with Gasteiger partial charge in [0.25, 0.3) is 0 Å². The standard InChI is InChI=1S/C11H20/c1-6-7-8-9-11(4,5)10(2)3/h10H,6,9H2,1-5H3. The second kappa shape index (κ2) is 4.44. The van der Waals surface area contributed by atoms with E-state index >= 15 is 0 Å². The molecule has 0 saturated heterocycles. The molecule has 0 aromatic rings. The lowest BCUT2D eigenvalue weighted by Gasteiger charge is -2.26. The van der Waals surface area contributed by atoms with Gasteiger partial charge in [-0.05, 0) is 11.3 Å². The molecule has 0 saturated carbocycles. The molecule has 0 bridgehead atoms. The quantitative estimate of drug-likeness (QED) is 0.531. The van der Waals surface area contributed by atoms with Crippen molar-refractivity contribution in [2.24, 2.45) is 11.3 Å². The van der Waals surface area contributed by atoms with Crippen LogP contribution >= 0.6 is 0 Å². The normalized spacial score (nSPS) is 11.1. The van der Waals surface area contributed by atoms with E-state index in [1.807, 2.05) is 0 Å². The van der Waals surface area contributed by atoms with Crippen LogP contribution in [0.4, 0.5) is 0 Å². The zero-order valence-corrected chi connectivity index (χ0v) is 8.49. The third-order valence-corrected chi connectivity index (χ3v) is 2.41. The second-order valence-corrected chi connectivity index (χ2v) is 4.03. The highest BCUT2D eigenvalue weighted by atomic mass is 14.2. The van der Waals surface area contributed by atoms with Gasteiger partial charge in [0.2, 0.25) is 0 Å². The minimum absolute atomic E-state index is 0.377. The van der Waals surface area contributed by atoms with Crippen molar-refractivity contribution < 1.29 is 0 Å². The van der Waals surface area contributed by atoms with Gasteiger partial charge in [-0.15, -0.1) is 11.8 Å². The molecule has 0 heteroatoms.